The molecule has 6 nitrogen and oxygen atoms in total. The molecular weight excluding hydrogens is 363 g/mol. The van der Waals surface area contributed by atoms with Crippen LogP contribution in [0.15, 0.2) is 36.5 Å². The molecule has 142 valence electrons. The van der Waals surface area contributed by atoms with Crippen LogP contribution in [0.25, 0.3) is 0 Å². The number of nitrogens with zero attached hydrogens (tertiary/aromatic N) is 3. The van der Waals surface area contributed by atoms with Crippen molar-refractivity contribution in [3.8, 4) is 5.75 Å². The number of carboxylic acids is 1. The number of carbonyl (C=O) groups is 1. The van der Waals surface area contributed by atoms with Gasteiger partial charge in [0.1, 0.15) is 23.7 Å². The van der Waals surface area contributed by atoms with Crippen molar-refractivity contribution in [3.05, 3.63) is 42.2 Å². The molecule has 0 aliphatic carbocycles. The molecule has 1 aromatic heterocycles. The van der Waals surface area contributed by atoms with Crippen molar-refractivity contribution in [1.29, 1.82) is 0 Å². The third-order valence-electron chi connectivity index (χ3n) is 4.74. The minimum atomic E-state index is -4.53. The van der Waals surface area contributed by atoms with Gasteiger partial charge in [-0.15, -0.1) is 0 Å². The van der Waals surface area contributed by atoms with E-state index >= 15 is 0 Å². The third kappa shape index (κ3) is 3.24. The Kier molecular flexibility index (Phi) is 4.09. The molecule has 3 heterocycles. The monoisotopic (exact) mass is 379 g/mol. The third-order valence-corrected chi connectivity index (χ3v) is 4.74. The predicted molar refractivity (Wildman–Crippen MR) is 91.5 cm³/mol. The van der Waals surface area contributed by atoms with Gasteiger partial charge in [0.25, 0.3) is 0 Å². The van der Waals surface area contributed by atoms with Crippen molar-refractivity contribution in [1.82, 2.24) is 4.98 Å². The molecule has 27 heavy (non-hydrogen) atoms. The van der Waals surface area contributed by atoms with Crippen molar-refractivity contribution >= 4 is 23.0 Å². The zero-order chi connectivity index (χ0) is 19.2. The smallest absolute Gasteiger partial charge is 0.433 e. The van der Waals surface area contributed by atoms with Crippen LogP contribution in [-0.4, -0.2) is 42.3 Å². The number of rotatable bonds is 3. The number of hydrogen-bond donors (Lipinski definition) is 1. The number of benzene rings is 1. The van der Waals surface area contributed by atoms with Gasteiger partial charge in [-0.25, -0.2) is 4.98 Å². The molecule has 9 heteroatoms. The van der Waals surface area contributed by atoms with Crippen molar-refractivity contribution in [3.63, 3.8) is 0 Å². The largest absolute Gasteiger partial charge is 0.489 e. The summed E-state index contributed by atoms with van der Waals surface area (Å²) < 4.78 is 44.0. The minimum Gasteiger partial charge on any atom is -0.489 e. The Hall–Kier alpha value is -2.97. The number of carboxylic acid groups (broad SMARTS) is 1. The average Bonchev–Trinajstić information content (AvgIpc) is 2.58. The lowest BCUT2D eigenvalue weighted by atomic mass is 9.99. The molecule has 0 bridgehead atoms. The average molecular weight is 379 g/mol. The molecule has 2 aromatic rings. The van der Waals surface area contributed by atoms with Gasteiger partial charge in [0.2, 0.25) is 0 Å². The standard InChI is InChI=1S/C18H16F3N3O3/c19-18(20,21)16-7-15-14(8-22-16)24(4-5-27-15)13-3-1-2-12(6-13)23-9-11(10-23)17(25)26/h1-3,6-8,11H,4-5,9-10H2,(H,25,26). The summed E-state index contributed by atoms with van der Waals surface area (Å²) in [7, 11) is 0. The Morgan fingerprint density at radius 3 is 2.67 bits per heavy atom. The number of fused-ring (bicyclic) bond motifs is 1. The number of hydrogen-bond acceptors (Lipinski definition) is 5. The number of aliphatic carboxylic acids is 1. The van der Waals surface area contributed by atoms with Crippen LogP contribution in [0.5, 0.6) is 5.75 Å². The van der Waals surface area contributed by atoms with Crippen LogP contribution >= 0.6 is 0 Å². The fraction of sp³-hybridized carbons (Fsp3) is 0.333. The summed E-state index contributed by atoms with van der Waals surface area (Å²) in [6.45, 7) is 1.61. The van der Waals surface area contributed by atoms with Crippen LogP contribution in [0.4, 0.5) is 30.2 Å². The Bertz CT molecular complexity index is 882. The Balaban J connectivity index is 1.60. The van der Waals surface area contributed by atoms with Crippen LogP contribution < -0.4 is 14.5 Å². The summed E-state index contributed by atoms with van der Waals surface area (Å²) in [6, 6.07) is 8.38. The van der Waals surface area contributed by atoms with Gasteiger partial charge in [-0.2, -0.15) is 13.2 Å². The van der Waals surface area contributed by atoms with Gasteiger partial charge in [0, 0.05) is 30.5 Å². The predicted octanol–water partition coefficient (Wildman–Crippen LogP) is 3.15. The van der Waals surface area contributed by atoms with E-state index in [1.165, 1.54) is 6.20 Å². The molecule has 0 amide bonds. The number of anilines is 3. The summed E-state index contributed by atoms with van der Waals surface area (Å²) in [4.78, 5) is 18.3. The molecule has 1 fully saturated rings. The Labute approximate surface area is 152 Å². The molecule has 1 saturated heterocycles. The maximum Gasteiger partial charge on any atom is 0.433 e. The van der Waals surface area contributed by atoms with Crippen LogP contribution in [0, 0.1) is 5.92 Å². The quantitative estimate of drug-likeness (QED) is 0.884. The van der Waals surface area contributed by atoms with Crippen molar-refractivity contribution < 1.29 is 27.8 Å². The number of pyridine rings is 1. The number of alkyl halides is 3. The maximum atomic E-state index is 12.9. The molecule has 0 unspecified atom stereocenters. The van der Waals surface area contributed by atoms with E-state index < -0.39 is 17.8 Å². The van der Waals surface area contributed by atoms with Crippen molar-refractivity contribution in [2.75, 3.05) is 36.0 Å². The highest BCUT2D eigenvalue weighted by atomic mass is 19.4. The van der Waals surface area contributed by atoms with Crippen molar-refractivity contribution in [2.45, 2.75) is 6.18 Å². The molecule has 2 aliphatic rings. The minimum absolute atomic E-state index is 0.142. The van der Waals surface area contributed by atoms with Gasteiger partial charge < -0.3 is 19.6 Å². The molecule has 2 aliphatic heterocycles. The molecule has 1 N–H and O–H groups in total. The van der Waals surface area contributed by atoms with E-state index in [0.29, 0.717) is 25.3 Å². The molecule has 0 spiro atoms. The zero-order valence-electron chi connectivity index (χ0n) is 14.1. The summed E-state index contributed by atoms with van der Waals surface area (Å²) in [5, 5.41) is 9.01. The normalized spacial score (nSPS) is 17.1. The number of halogens is 3. The first kappa shape index (κ1) is 17.4. The second-order valence-corrected chi connectivity index (χ2v) is 6.50. The highest BCUT2D eigenvalue weighted by molar-refractivity contribution is 5.76. The molecule has 0 saturated carbocycles. The highest BCUT2D eigenvalue weighted by Gasteiger charge is 2.35. The van der Waals surface area contributed by atoms with Crippen LogP contribution in [0.3, 0.4) is 0 Å². The SMILES string of the molecule is O=C(O)C1CN(c2cccc(N3CCOc4cc(C(F)(F)F)ncc43)c2)C1. The topological polar surface area (TPSA) is 65.9 Å². The molecule has 0 radical (unpaired) electrons. The van der Waals surface area contributed by atoms with Crippen LogP contribution in [0.1, 0.15) is 5.69 Å². The second kappa shape index (κ2) is 6.33. The van der Waals surface area contributed by atoms with E-state index in [0.717, 1.165) is 17.4 Å². The number of aromatic nitrogens is 1. The number of ether oxygens (including phenoxy) is 1. The van der Waals surface area contributed by atoms with Crippen molar-refractivity contribution in [2.24, 2.45) is 5.92 Å². The van der Waals surface area contributed by atoms with Gasteiger partial charge in [0.05, 0.1) is 18.7 Å². The zero-order valence-corrected chi connectivity index (χ0v) is 14.1. The fourth-order valence-electron chi connectivity index (χ4n) is 3.24. The van der Waals surface area contributed by atoms with E-state index in [-0.39, 0.29) is 18.3 Å². The van der Waals surface area contributed by atoms with Crippen LogP contribution in [0.2, 0.25) is 0 Å². The van der Waals surface area contributed by atoms with Gasteiger partial charge in [-0.1, -0.05) is 6.07 Å². The summed E-state index contributed by atoms with van der Waals surface area (Å²) in [5.74, 6) is -1.04. The first-order valence-corrected chi connectivity index (χ1v) is 8.38. The summed E-state index contributed by atoms with van der Waals surface area (Å²) in [6.07, 6.45) is -3.35. The lowest BCUT2D eigenvalue weighted by Gasteiger charge is -2.39. The first-order chi connectivity index (χ1) is 12.8. The van der Waals surface area contributed by atoms with E-state index in [1.807, 2.05) is 34.1 Å². The van der Waals surface area contributed by atoms with E-state index in [1.54, 1.807) is 0 Å². The van der Waals surface area contributed by atoms with Gasteiger partial charge >= 0.3 is 12.1 Å². The van der Waals surface area contributed by atoms with Crippen LogP contribution in [-0.2, 0) is 11.0 Å². The highest BCUT2D eigenvalue weighted by Crippen LogP contribution is 2.40. The lowest BCUT2D eigenvalue weighted by Crippen LogP contribution is -2.50. The van der Waals surface area contributed by atoms with Gasteiger partial charge in [-0.05, 0) is 18.2 Å². The summed E-state index contributed by atoms with van der Waals surface area (Å²) >= 11 is 0. The van der Waals surface area contributed by atoms with E-state index in [4.69, 9.17) is 9.84 Å². The Morgan fingerprint density at radius 2 is 1.96 bits per heavy atom. The van der Waals surface area contributed by atoms with Gasteiger partial charge in [-0.3, -0.25) is 4.79 Å². The molecule has 1 aromatic carbocycles. The first-order valence-electron chi connectivity index (χ1n) is 8.38. The molecule has 0 atom stereocenters. The fourth-order valence-corrected chi connectivity index (χ4v) is 3.24. The van der Waals surface area contributed by atoms with E-state index in [9.17, 15) is 18.0 Å². The summed E-state index contributed by atoms with van der Waals surface area (Å²) in [5.41, 5.74) is 1.14. The molecule has 4 rings (SSSR count). The van der Waals surface area contributed by atoms with E-state index in [2.05, 4.69) is 4.98 Å². The van der Waals surface area contributed by atoms with Gasteiger partial charge in [0.15, 0.2) is 0 Å². The lowest BCUT2D eigenvalue weighted by molar-refractivity contribution is -0.142. The Morgan fingerprint density at radius 1 is 1.22 bits per heavy atom. The molecular formula is C18H16F3N3O3. The second-order valence-electron chi connectivity index (χ2n) is 6.50. The maximum absolute atomic E-state index is 12.9.